The summed E-state index contributed by atoms with van der Waals surface area (Å²) in [7, 11) is 0. The van der Waals surface area contributed by atoms with Crippen LogP contribution in [0, 0.1) is 0 Å². The SMILES string of the molecule is Clc1ccccc1-c1nnc(SCc2ccccn2)n1-c1ccccc1Cl. The molecule has 2 heterocycles. The molecule has 2 aromatic carbocycles. The first-order valence-electron chi connectivity index (χ1n) is 8.22. The second-order valence-corrected chi connectivity index (χ2v) is 7.44. The lowest BCUT2D eigenvalue weighted by molar-refractivity contribution is 0.885. The number of para-hydroxylation sites is 1. The van der Waals surface area contributed by atoms with Crippen molar-refractivity contribution in [3.63, 3.8) is 0 Å². The van der Waals surface area contributed by atoms with Crippen molar-refractivity contribution in [2.45, 2.75) is 10.9 Å². The molecule has 0 saturated carbocycles. The minimum Gasteiger partial charge on any atom is -0.268 e. The van der Waals surface area contributed by atoms with Gasteiger partial charge in [0, 0.05) is 17.5 Å². The molecular weight excluding hydrogens is 399 g/mol. The molecule has 0 bridgehead atoms. The van der Waals surface area contributed by atoms with Gasteiger partial charge in [-0.25, -0.2) is 0 Å². The number of nitrogens with zero attached hydrogens (tertiary/aromatic N) is 4. The van der Waals surface area contributed by atoms with Gasteiger partial charge >= 0.3 is 0 Å². The standard InChI is InChI=1S/C20H14Cl2N4S/c21-16-9-2-1-8-15(16)19-24-25-20(27-13-14-7-5-6-12-23-14)26(19)18-11-4-3-10-17(18)22/h1-12H,13H2. The van der Waals surface area contributed by atoms with Gasteiger partial charge in [0.25, 0.3) is 0 Å². The number of thioether (sulfide) groups is 1. The predicted octanol–water partition coefficient (Wildman–Crippen LogP) is 5.93. The summed E-state index contributed by atoms with van der Waals surface area (Å²) in [6.07, 6.45) is 1.78. The van der Waals surface area contributed by atoms with Crippen LogP contribution in [-0.2, 0) is 5.75 Å². The maximum absolute atomic E-state index is 6.47. The zero-order valence-electron chi connectivity index (χ0n) is 14.1. The highest BCUT2D eigenvalue weighted by Crippen LogP contribution is 2.34. The summed E-state index contributed by atoms with van der Waals surface area (Å²) in [5.74, 6) is 1.32. The maximum atomic E-state index is 6.47. The van der Waals surface area contributed by atoms with E-state index in [1.165, 1.54) is 0 Å². The van der Waals surface area contributed by atoms with E-state index in [-0.39, 0.29) is 0 Å². The summed E-state index contributed by atoms with van der Waals surface area (Å²) in [6.45, 7) is 0. The highest BCUT2D eigenvalue weighted by Gasteiger charge is 2.19. The van der Waals surface area contributed by atoms with Gasteiger partial charge in [0.15, 0.2) is 11.0 Å². The van der Waals surface area contributed by atoms with Crippen LogP contribution in [0.15, 0.2) is 78.1 Å². The maximum Gasteiger partial charge on any atom is 0.196 e. The Balaban J connectivity index is 1.80. The molecule has 27 heavy (non-hydrogen) atoms. The normalized spacial score (nSPS) is 10.9. The smallest absolute Gasteiger partial charge is 0.196 e. The fraction of sp³-hybridized carbons (Fsp3) is 0.0500. The second kappa shape index (κ2) is 8.13. The van der Waals surface area contributed by atoms with Crippen molar-refractivity contribution in [3.05, 3.63) is 88.7 Å². The van der Waals surface area contributed by atoms with Crippen molar-refractivity contribution in [1.82, 2.24) is 19.7 Å². The number of pyridine rings is 1. The quantitative estimate of drug-likeness (QED) is 0.381. The number of rotatable bonds is 5. The highest BCUT2D eigenvalue weighted by molar-refractivity contribution is 7.98. The summed E-state index contributed by atoms with van der Waals surface area (Å²) >= 11 is 14.4. The van der Waals surface area contributed by atoms with E-state index in [1.54, 1.807) is 18.0 Å². The Morgan fingerprint density at radius 1 is 0.815 bits per heavy atom. The Bertz CT molecular complexity index is 1070. The van der Waals surface area contributed by atoms with Crippen LogP contribution in [0.25, 0.3) is 17.1 Å². The third-order valence-electron chi connectivity index (χ3n) is 3.92. The van der Waals surface area contributed by atoms with Gasteiger partial charge in [0.1, 0.15) is 0 Å². The summed E-state index contributed by atoms with van der Waals surface area (Å²) < 4.78 is 1.94. The zero-order valence-corrected chi connectivity index (χ0v) is 16.4. The van der Waals surface area contributed by atoms with Crippen LogP contribution in [0.4, 0.5) is 0 Å². The van der Waals surface area contributed by atoms with Gasteiger partial charge in [-0.15, -0.1) is 10.2 Å². The van der Waals surface area contributed by atoms with Gasteiger partial charge < -0.3 is 0 Å². The molecule has 0 radical (unpaired) electrons. The summed E-state index contributed by atoms with van der Waals surface area (Å²) in [5.41, 5.74) is 2.58. The summed E-state index contributed by atoms with van der Waals surface area (Å²) in [5, 5.41) is 10.8. The van der Waals surface area contributed by atoms with E-state index >= 15 is 0 Å². The van der Waals surface area contributed by atoms with E-state index in [4.69, 9.17) is 23.2 Å². The van der Waals surface area contributed by atoms with Gasteiger partial charge in [0.2, 0.25) is 0 Å². The first-order chi connectivity index (χ1) is 13.2. The molecule has 0 fully saturated rings. The third-order valence-corrected chi connectivity index (χ3v) is 5.53. The molecule has 0 aliphatic heterocycles. The van der Waals surface area contributed by atoms with Crippen molar-refractivity contribution in [3.8, 4) is 17.1 Å². The predicted molar refractivity (Wildman–Crippen MR) is 111 cm³/mol. The van der Waals surface area contributed by atoms with E-state index in [9.17, 15) is 0 Å². The molecule has 0 aliphatic carbocycles. The fourth-order valence-electron chi connectivity index (χ4n) is 2.65. The molecule has 0 spiro atoms. The molecule has 0 atom stereocenters. The lowest BCUT2D eigenvalue weighted by atomic mass is 10.2. The Morgan fingerprint density at radius 2 is 1.56 bits per heavy atom. The molecule has 0 N–H and O–H groups in total. The summed E-state index contributed by atoms with van der Waals surface area (Å²) in [4.78, 5) is 4.37. The number of halogens is 2. The number of hydrogen-bond donors (Lipinski definition) is 0. The van der Waals surface area contributed by atoms with Gasteiger partial charge in [-0.1, -0.05) is 65.3 Å². The monoisotopic (exact) mass is 412 g/mol. The van der Waals surface area contributed by atoms with Crippen molar-refractivity contribution in [2.24, 2.45) is 0 Å². The molecule has 0 saturated heterocycles. The van der Waals surface area contributed by atoms with Crippen molar-refractivity contribution < 1.29 is 0 Å². The number of hydrogen-bond acceptors (Lipinski definition) is 4. The third kappa shape index (κ3) is 3.86. The van der Waals surface area contributed by atoms with Gasteiger partial charge in [-0.2, -0.15) is 0 Å². The molecule has 4 rings (SSSR count). The van der Waals surface area contributed by atoms with Gasteiger partial charge in [-0.3, -0.25) is 9.55 Å². The minimum atomic E-state index is 0.611. The highest BCUT2D eigenvalue weighted by atomic mass is 35.5. The summed E-state index contributed by atoms with van der Waals surface area (Å²) in [6, 6.07) is 21.0. The van der Waals surface area contributed by atoms with Crippen molar-refractivity contribution in [1.29, 1.82) is 0 Å². The molecule has 2 aromatic heterocycles. The Kier molecular flexibility index (Phi) is 5.43. The molecule has 0 unspecified atom stereocenters. The van der Waals surface area contributed by atoms with E-state index in [1.807, 2.05) is 71.3 Å². The molecule has 4 aromatic rings. The van der Waals surface area contributed by atoms with Gasteiger partial charge in [0.05, 0.1) is 21.4 Å². The average Bonchev–Trinajstić information content (AvgIpc) is 3.11. The van der Waals surface area contributed by atoms with Crippen molar-refractivity contribution >= 4 is 35.0 Å². The zero-order chi connectivity index (χ0) is 18.6. The minimum absolute atomic E-state index is 0.611. The Morgan fingerprint density at radius 3 is 2.30 bits per heavy atom. The molecule has 4 nitrogen and oxygen atoms in total. The van der Waals surface area contributed by atoms with Gasteiger partial charge in [-0.05, 0) is 36.4 Å². The van der Waals surface area contributed by atoms with E-state index in [0.29, 0.717) is 21.6 Å². The van der Waals surface area contributed by atoms with Crippen LogP contribution in [0.1, 0.15) is 5.69 Å². The van der Waals surface area contributed by atoms with E-state index in [0.717, 1.165) is 22.1 Å². The number of benzene rings is 2. The topological polar surface area (TPSA) is 43.6 Å². The number of aromatic nitrogens is 4. The molecule has 7 heteroatoms. The van der Waals surface area contributed by atoms with Crippen LogP contribution in [-0.4, -0.2) is 19.7 Å². The lowest BCUT2D eigenvalue weighted by Crippen LogP contribution is -2.01. The fourth-order valence-corrected chi connectivity index (χ4v) is 3.95. The largest absolute Gasteiger partial charge is 0.268 e. The van der Waals surface area contributed by atoms with Crippen LogP contribution in [0.3, 0.4) is 0 Å². The van der Waals surface area contributed by atoms with Crippen LogP contribution in [0.5, 0.6) is 0 Å². The molecular formula is C20H14Cl2N4S. The first kappa shape index (κ1) is 18.0. The van der Waals surface area contributed by atoms with Crippen molar-refractivity contribution in [2.75, 3.05) is 0 Å². The van der Waals surface area contributed by atoms with E-state index in [2.05, 4.69) is 15.2 Å². The van der Waals surface area contributed by atoms with E-state index < -0.39 is 0 Å². The van der Waals surface area contributed by atoms with Crippen LogP contribution >= 0.6 is 35.0 Å². The Labute approximate surface area is 171 Å². The molecule has 134 valence electrons. The Hall–Kier alpha value is -2.34. The van der Waals surface area contributed by atoms with Crippen LogP contribution in [0.2, 0.25) is 10.0 Å². The molecule has 0 amide bonds. The molecule has 0 aliphatic rings. The first-order valence-corrected chi connectivity index (χ1v) is 9.96. The second-order valence-electron chi connectivity index (χ2n) is 5.68. The lowest BCUT2D eigenvalue weighted by Gasteiger charge is -2.12. The average molecular weight is 413 g/mol. The van der Waals surface area contributed by atoms with Crippen LogP contribution < -0.4 is 0 Å².